The summed E-state index contributed by atoms with van der Waals surface area (Å²) in [6.45, 7) is 4.48. The fourth-order valence-electron chi connectivity index (χ4n) is 3.38. The van der Waals surface area contributed by atoms with Crippen LogP contribution in [0.1, 0.15) is 39.5 Å². The van der Waals surface area contributed by atoms with Crippen molar-refractivity contribution in [2.75, 3.05) is 19.8 Å². The maximum absolute atomic E-state index is 9.98. The Hall–Kier alpha value is -0.330. The molecule has 0 bridgehead atoms. The van der Waals surface area contributed by atoms with Crippen LogP contribution in [0.25, 0.3) is 0 Å². The van der Waals surface area contributed by atoms with Crippen LogP contribution < -0.4 is 0 Å². The zero-order valence-electron chi connectivity index (χ0n) is 14.2. The summed E-state index contributed by atoms with van der Waals surface area (Å²) in [4.78, 5) is 5.94. The van der Waals surface area contributed by atoms with Crippen LogP contribution in [0.2, 0.25) is 0 Å². The SMILES string of the molecule is CCCSC(C)C1C(N(C)O)ON(C)C1CC1=CC=CCC1. The van der Waals surface area contributed by atoms with Crippen molar-refractivity contribution >= 4 is 11.8 Å². The molecule has 0 spiro atoms. The third kappa shape index (κ3) is 4.36. The first-order chi connectivity index (χ1) is 10.5. The first-order valence-corrected chi connectivity index (χ1v) is 9.37. The molecule has 0 aromatic rings. The van der Waals surface area contributed by atoms with Crippen LogP contribution in [0.4, 0.5) is 0 Å². The standard InChI is InChI=1S/C17H30N2O2S/c1-5-11-22-13(2)16-15(12-14-9-7-6-8-10-14)19(4)21-17(16)18(3)20/h6-7,9,13,15-17,20H,5,8,10-12H2,1-4H3. The van der Waals surface area contributed by atoms with Crippen LogP contribution >= 0.6 is 11.8 Å². The number of hydrogen-bond acceptors (Lipinski definition) is 5. The Morgan fingerprint density at radius 2 is 2.32 bits per heavy atom. The second-order valence-corrected chi connectivity index (χ2v) is 7.82. The van der Waals surface area contributed by atoms with E-state index < -0.39 is 0 Å². The van der Waals surface area contributed by atoms with E-state index in [-0.39, 0.29) is 6.23 Å². The van der Waals surface area contributed by atoms with Gasteiger partial charge in [0.15, 0.2) is 6.23 Å². The summed E-state index contributed by atoms with van der Waals surface area (Å²) in [5.41, 5.74) is 1.49. The van der Waals surface area contributed by atoms with Gasteiger partial charge < -0.3 is 5.21 Å². The molecule has 1 aliphatic carbocycles. The monoisotopic (exact) mass is 326 g/mol. The van der Waals surface area contributed by atoms with Crippen molar-refractivity contribution in [1.82, 2.24) is 10.1 Å². The van der Waals surface area contributed by atoms with Crippen LogP contribution in [-0.4, -0.2) is 52.7 Å². The van der Waals surface area contributed by atoms with Crippen molar-refractivity contribution in [1.29, 1.82) is 0 Å². The number of rotatable bonds is 7. The van der Waals surface area contributed by atoms with Crippen molar-refractivity contribution in [3.8, 4) is 0 Å². The average Bonchev–Trinajstić information content (AvgIpc) is 2.83. The average molecular weight is 327 g/mol. The summed E-state index contributed by atoms with van der Waals surface area (Å²) in [6.07, 6.45) is 10.9. The van der Waals surface area contributed by atoms with Crippen LogP contribution in [0.5, 0.6) is 0 Å². The van der Waals surface area contributed by atoms with Gasteiger partial charge in [-0.2, -0.15) is 21.9 Å². The molecular formula is C17H30N2O2S. The van der Waals surface area contributed by atoms with Gasteiger partial charge in [0, 0.05) is 31.3 Å². The Morgan fingerprint density at radius 3 is 2.91 bits per heavy atom. The highest BCUT2D eigenvalue weighted by molar-refractivity contribution is 7.99. The van der Waals surface area contributed by atoms with Gasteiger partial charge in [0.05, 0.1) is 0 Å². The molecule has 2 rings (SSSR count). The van der Waals surface area contributed by atoms with Gasteiger partial charge in [-0.25, -0.2) is 0 Å². The molecule has 0 radical (unpaired) electrons. The highest BCUT2D eigenvalue weighted by Gasteiger charge is 2.46. The van der Waals surface area contributed by atoms with E-state index >= 15 is 0 Å². The maximum Gasteiger partial charge on any atom is 0.159 e. The lowest BCUT2D eigenvalue weighted by Crippen LogP contribution is -2.41. The second-order valence-electron chi connectivity index (χ2n) is 6.33. The zero-order valence-corrected chi connectivity index (χ0v) is 15.1. The summed E-state index contributed by atoms with van der Waals surface area (Å²) >= 11 is 1.98. The summed E-state index contributed by atoms with van der Waals surface area (Å²) in [5.74, 6) is 1.45. The summed E-state index contributed by atoms with van der Waals surface area (Å²) in [5, 5.41) is 13.6. The smallest absolute Gasteiger partial charge is 0.159 e. The van der Waals surface area contributed by atoms with Crippen LogP contribution in [0.3, 0.4) is 0 Å². The highest BCUT2D eigenvalue weighted by atomic mass is 32.2. The Labute approximate surface area is 139 Å². The first-order valence-electron chi connectivity index (χ1n) is 8.32. The van der Waals surface area contributed by atoms with Crippen LogP contribution in [0, 0.1) is 5.92 Å². The van der Waals surface area contributed by atoms with Gasteiger partial charge in [-0.15, -0.1) is 0 Å². The lowest BCUT2D eigenvalue weighted by molar-refractivity contribution is -0.257. The molecule has 126 valence electrons. The van der Waals surface area contributed by atoms with E-state index in [1.165, 1.54) is 17.1 Å². The molecule has 22 heavy (non-hydrogen) atoms. The van der Waals surface area contributed by atoms with Gasteiger partial charge in [0.2, 0.25) is 0 Å². The molecule has 0 saturated carbocycles. The summed E-state index contributed by atoms with van der Waals surface area (Å²) < 4.78 is 0. The maximum atomic E-state index is 9.98. The minimum absolute atomic E-state index is 0.255. The number of allylic oxidation sites excluding steroid dienone is 3. The van der Waals surface area contributed by atoms with E-state index in [0.29, 0.717) is 17.2 Å². The van der Waals surface area contributed by atoms with Gasteiger partial charge in [0.1, 0.15) is 0 Å². The molecule has 4 atom stereocenters. The van der Waals surface area contributed by atoms with E-state index in [0.717, 1.165) is 25.0 Å². The molecule has 5 heteroatoms. The second kappa shape index (κ2) is 8.50. The van der Waals surface area contributed by atoms with Gasteiger partial charge >= 0.3 is 0 Å². The number of nitrogens with zero attached hydrogens (tertiary/aromatic N) is 2. The Kier molecular flexibility index (Phi) is 6.96. The Bertz CT molecular complexity index is 411. The fourth-order valence-corrected chi connectivity index (χ4v) is 4.53. The highest BCUT2D eigenvalue weighted by Crippen LogP contribution is 2.39. The molecule has 0 aromatic heterocycles. The van der Waals surface area contributed by atoms with Crippen molar-refractivity contribution in [2.24, 2.45) is 5.92 Å². The van der Waals surface area contributed by atoms with Crippen molar-refractivity contribution in [3.63, 3.8) is 0 Å². The molecule has 1 heterocycles. The topological polar surface area (TPSA) is 35.9 Å². The lowest BCUT2D eigenvalue weighted by Gasteiger charge is -2.30. The van der Waals surface area contributed by atoms with Crippen molar-refractivity contribution in [2.45, 2.75) is 57.1 Å². The van der Waals surface area contributed by atoms with Crippen molar-refractivity contribution in [3.05, 3.63) is 23.8 Å². The minimum Gasteiger partial charge on any atom is -0.312 e. The fraction of sp³-hybridized carbons (Fsp3) is 0.765. The molecule has 4 nitrogen and oxygen atoms in total. The van der Waals surface area contributed by atoms with Crippen LogP contribution in [-0.2, 0) is 4.84 Å². The van der Waals surface area contributed by atoms with Gasteiger partial charge in [-0.05, 0) is 31.4 Å². The largest absolute Gasteiger partial charge is 0.312 e. The van der Waals surface area contributed by atoms with E-state index in [1.54, 1.807) is 7.05 Å². The Balaban J connectivity index is 2.12. The molecule has 1 aliphatic heterocycles. The Morgan fingerprint density at radius 1 is 1.55 bits per heavy atom. The molecule has 0 amide bonds. The number of hydrogen-bond donors (Lipinski definition) is 1. The molecule has 1 saturated heterocycles. The molecule has 1 fully saturated rings. The van der Waals surface area contributed by atoms with Gasteiger partial charge in [0.25, 0.3) is 0 Å². The molecule has 2 aliphatic rings. The third-order valence-corrected chi connectivity index (χ3v) is 6.07. The third-order valence-electron chi connectivity index (χ3n) is 4.58. The first kappa shape index (κ1) is 18.0. The van der Waals surface area contributed by atoms with Crippen LogP contribution in [0.15, 0.2) is 23.8 Å². The molecule has 1 N–H and O–H groups in total. The quantitative estimate of drug-likeness (QED) is 0.722. The van der Waals surface area contributed by atoms with E-state index in [1.807, 2.05) is 23.9 Å². The van der Waals surface area contributed by atoms with E-state index in [2.05, 4.69) is 32.1 Å². The molecule has 4 unspecified atom stereocenters. The minimum atomic E-state index is -0.255. The predicted molar refractivity (Wildman–Crippen MR) is 92.7 cm³/mol. The summed E-state index contributed by atoms with van der Waals surface area (Å²) in [6, 6.07) is 0.316. The lowest BCUT2D eigenvalue weighted by atomic mass is 9.88. The molecule has 0 aromatic carbocycles. The normalized spacial score (nSPS) is 30.8. The van der Waals surface area contributed by atoms with E-state index in [4.69, 9.17) is 4.84 Å². The number of thioether (sulfide) groups is 1. The van der Waals surface area contributed by atoms with E-state index in [9.17, 15) is 5.21 Å². The number of hydroxylamine groups is 4. The molecular weight excluding hydrogens is 296 g/mol. The zero-order chi connectivity index (χ0) is 16.1. The predicted octanol–water partition coefficient (Wildman–Crippen LogP) is 3.69. The summed E-state index contributed by atoms with van der Waals surface area (Å²) in [7, 11) is 3.69. The van der Waals surface area contributed by atoms with Gasteiger partial charge in [-0.1, -0.05) is 37.6 Å². The van der Waals surface area contributed by atoms with Crippen molar-refractivity contribution < 1.29 is 10.0 Å². The van der Waals surface area contributed by atoms with Gasteiger partial charge in [-0.3, -0.25) is 4.84 Å².